The Morgan fingerprint density at radius 3 is 2.57 bits per heavy atom. The first-order valence-electron chi connectivity index (χ1n) is 6.10. The van der Waals surface area contributed by atoms with Crippen LogP contribution in [0.15, 0.2) is 0 Å². The van der Waals surface area contributed by atoms with Crippen LogP contribution in [0.25, 0.3) is 0 Å². The first-order valence-corrected chi connectivity index (χ1v) is 6.10. The number of nitrogens with zero attached hydrogens (tertiary/aromatic N) is 1. The van der Waals surface area contributed by atoms with Crippen LogP contribution < -0.4 is 5.32 Å². The Kier molecular flexibility index (Phi) is 4.39. The molecule has 0 aliphatic carbocycles. The third-order valence-electron chi connectivity index (χ3n) is 3.63. The van der Waals surface area contributed by atoms with E-state index in [1.54, 1.807) is 0 Å². The Labute approximate surface area is 89.1 Å². The van der Waals surface area contributed by atoms with Crippen molar-refractivity contribution in [2.75, 3.05) is 19.6 Å². The zero-order chi connectivity index (χ0) is 10.6. The highest BCUT2D eigenvalue weighted by molar-refractivity contribution is 4.92. The molecule has 1 fully saturated rings. The van der Waals surface area contributed by atoms with E-state index in [9.17, 15) is 0 Å². The van der Waals surface area contributed by atoms with E-state index in [0.717, 1.165) is 6.04 Å². The van der Waals surface area contributed by atoms with E-state index in [0.29, 0.717) is 5.54 Å². The molecule has 1 aliphatic rings. The first-order chi connectivity index (χ1) is 6.61. The molecule has 84 valence electrons. The van der Waals surface area contributed by atoms with Gasteiger partial charge in [0, 0.05) is 18.1 Å². The van der Waals surface area contributed by atoms with Crippen LogP contribution in [0.3, 0.4) is 0 Å². The van der Waals surface area contributed by atoms with E-state index in [1.807, 2.05) is 0 Å². The molecular weight excluding hydrogens is 172 g/mol. The van der Waals surface area contributed by atoms with Crippen molar-refractivity contribution in [1.82, 2.24) is 10.2 Å². The molecule has 1 heterocycles. The highest BCUT2D eigenvalue weighted by Gasteiger charge is 2.30. The van der Waals surface area contributed by atoms with Crippen molar-refractivity contribution >= 4 is 0 Å². The Morgan fingerprint density at radius 1 is 1.43 bits per heavy atom. The molecule has 1 rings (SSSR count). The molecule has 2 nitrogen and oxygen atoms in total. The molecule has 0 aromatic heterocycles. The minimum atomic E-state index is 0.374. The zero-order valence-electron chi connectivity index (χ0n) is 10.3. The van der Waals surface area contributed by atoms with Crippen molar-refractivity contribution in [3.63, 3.8) is 0 Å². The van der Waals surface area contributed by atoms with Gasteiger partial charge in [-0.3, -0.25) is 4.90 Å². The third kappa shape index (κ3) is 2.96. The topological polar surface area (TPSA) is 15.3 Å². The van der Waals surface area contributed by atoms with Gasteiger partial charge in [-0.25, -0.2) is 0 Å². The molecule has 0 aromatic rings. The second-order valence-electron chi connectivity index (χ2n) is 4.91. The average molecular weight is 198 g/mol. The summed E-state index contributed by atoms with van der Waals surface area (Å²) in [5.74, 6) is 0. The molecule has 0 aromatic carbocycles. The van der Waals surface area contributed by atoms with Gasteiger partial charge in [-0.2, -0.15) is 0 Å². The van der Waals surface area contributed by atoms with Crippen LogP contribution >= 0.6 is 0 Å². The van der Waals surface area contributed by atoms with Crippen LogP contribution in [0.4, 0.5) is 0 Å². The van der Waals surface area contributed by atoms with Crippen LogP contribution in [-0.2, 0) is 0 Å². The predicted molar refractivity (Wildman–Crippen MR) is 62.6 cm³/mol. The van der Waals surface area contributed by atoms with Gasteiger partial charge in [0.05, 0.1) is 0 Å². The average Bonchev–Trinajstić information content (AvgIpc) is 2.61. The van der Waals surface area contributed by atoms with Crippen LogP contribution in [-0.4, -0.2) is 36.1 Å². The van der Waals surface area contributed by atoms with Gasteiger partial charge in [0.15, 0.2) is 0 Å². The van der Waals surface area contributed by atoms with E-state index >= 15 is 0 Å². The third-order valence-corrected chi connectivity index (χ3v) is 3.63. The van der Waals surface area contributed by atoms with Crippen LogP contribution in [0.2, 0.25) is 0 Å². The number of rotatable bonds is 5. The Hall–Kier alpha value is -0.0800. The monoisotopic (exact) mass is 198 g/mol. The summed E-state index contributed by atoms with van der Waals surface area (Å²) in [6.07, 6.45) is 3.93. The van der Waals surface area contributed by atoms with Gasteiger partial charge in [-0.1, -0.05) is 13.8 Å². The second kappa shape index (κ2) is 5.13. The minimum Gasteiger partial charge on any atom is -0.310 e. The van der Waals surface area contributed by atoms with Crippen LogP contribution in [0, 0.1) is 0 Å². The van der Waals surface area contributed by atoms with E-state index in [1.165, 1.54) is 38.9 Å². The summed E-state index contributed by atoms with van der Waals surface area (Å²) in [5, 5.41) is 3.64. The van der Waals surface area contributed by atoms with E-state index in [4.69, 9.17) is 0 Å². The van der Waals surface area contributed by atoms with Crippen LogP contribution in [0.1, 0.15) is 47.0 Å². The normalized spacial score (nSPS) is 29.8. The maximum atomic E-state index is 3.64. The van der Waals surface area contributed by atoms with Gasteiger partial charge < -0.3 is 5.32 Å². The minimum absolute atomic E-state index is 0.374. The summed E-state index contributed by atoms with van der Waals surface area (Å²) in [5.41, 5.74) is 0.374. The molecule has 0 amide bonds. The molecule has 1 aliphatic heterocycles. The smallest absolute Gasteiger partial charge is 0.0281 e. The predicted octanol–water partition coefficient (Wildman–Crippen LogP) is 2.25. The van der Waals surface area contributed by atoms with Crippen molar-refractivity contribution in [2.24, 2.45) is 0 Å². The van der Waals surface area contributed by atoms with Crippen molar-refractivity contribution in [1.29, 1.82) is 0 Å². The molecule has 0 saturated carbocycles. The SMILES string of the molecule is CCC(C)N(CC)CC1(C)CCCN1. The zero-order valence-corrected chi connectivity index (χ0v) is 10.3. The molecule has 0 spiro atoms. The lowest BCUT2D eigenvalue weighted by atomic mass is 9.98. The molecule has 0 bridgehead atoms. The number of nitrogens with one attached hydrogen (secondary N) is 1. The fourth-order valence-electron chi connectivity index (χ4n) is 2.38. The summed E-state index contributed by atoms with van der Waals surface area (Å²) >= 11 is 0. The molecule has 0 radical (unpaired) electrons. The lowest BCUT2D eigenvalue weighted by Gasteiger charge is -2.35. The number of hydrogen-bond acceptors (Lipinski definition) is 2. The maximum absolute atomic E-state index is 3.64. The van der Waals surface area contributed by atoms with Gasteiger partial charge in [0.25, 0.3) is 0 Å². The fourth-order valence-corrected chi connectivity index (χ4v) is 2.38. The fraction of sp³-hybridized carbons (Fsp3) is 1.00. The molecule has 1 N–H and O–H groups in total. The van der Waals surface area contributed by atoms with Crippen molar-refractivity contribution < 1.29 is 0 Å². The summed E-state index contributed by atoms with van der Waals surface area (Å²) < 4.78 is 0. The standard InChI is InChI=1S/C12H26N2/c1-5-11(3)14(6-2)10-12(4)8-7-9-13-12/h11,13H,5-10H2,1-4H3. The summed E-state index contributed by atoms with van der Waals surface area (Å²) in [6.45, 7) is 12.8. The van der Waals surface area contributed by atoms with Crippen molar-refractivity contribution in [3.05, 3.63) is 0 Å². The Bertz CT molecular complexity index is 162. The van der Waals surface area contributed by atoms with Gasteiger partial charge in [-0.15, -0.1) is 0 Å². The van der Waals surface area contributed by atoms with Crippen LogP contribution in [0.5, 0.6) is 0 Å². The molecular formula is C12H26N2. The Morgan fingerprint density at radius 2 is 2.14 bits per heavy atom. The summed E-state index contributed by atoms with van der Waals surface area (Å²) in [4.78, 5) is 2.60. The van der Waals surface area contributed by atoms with E-state index in [2.05, 4.69) is 37.9 Å². The number of likely N-dealkylation sites (N-methyl/N-ethyl adjacent to an activating group) is 1. The molecule has 1 saturated heterocycles. The first kappa shape index (κ1) is 12.0. The lowest BCUT2D eigenvalue weighted by Crippen LogP contribution is -2.49. The molecule has 2 atom stereocenters. The lowest BCUT2D eigenvalue weighted by molar-refractivity contribution is 0.161. The highest BCUT2D eigenvalue weighted by Crippen LogP contribution is 2.21. The highest BCUT2D eigenvalue weighted by atomic mass is 15.2. The van der Waals surface area contributed by atoms with Crippen molar-refractivity contribution in [3.8, 4) is 0 Å². The Balaban J connectivity index is 2.46. The molecule has 2 heteroatoms. The molecule has 2 unspecified atom stereocenters. The second-order valence-corrected chi connectivity index (χ2v) is 4.91. The number of hydrogen-bond donors (Lipinski definition) is 1. The van der Waals surface area contributed by atoms with Crippen molar-refractivity contribution in [2.45, 2.75) is 58.5 Å². The van der Waals surface area contributed by atoms with E-state index in [-0.39, 0.29) is 0 Å². The van der Waals surface area contributed by atoms with Gasteiger partial charge >= 0.3 is 0 Å². The quantitative estimate of drug-likeness (QED) is 0.729. The maximum Gasteiger partial charge on any atom is 0.0281 e. The van der Waals surface area contributed by atoms with Gasteiger partial charge in [-0.05, 0) is 46.2 Å². The molecule has 14 heavy (non-hydrogen) atoms. The van der Waals surface area contributed by atoms with E-state index < -0.39 is 0 Å². The summed E-state index contributed by atoms with van der Waals surface area (Å²) in [6, 6.07) is 0.722. The largest absolute Gasteiger partial charge is 0.310 e. The van der Waals surface area contributed by atoms with Gasteiger partial charge in [0.2, 0.25) is 0 Å². The van der Waals surface area contributed by atoms with Gasteiger partial charge in [0.1, 0.15) is 0 Å². The summed E-state index contributed by atoms with van der Waals surface area (Å²) in [7, 11) is 0.